The summed E-state index contributed by atoms with van der Waals surface area (Å²) >= 11 is 0. The highest BCUT2D eigenvalue weighted by Crippen LogP contribution is 2.07. The average Bonchev–Trinajstić information content (AvgIpc) is 2.71. The predicted molar refractivity (Wildman–Crippen MR) is 68.8 cm³/mol. The first-order valence-electron chi connectivity index (χ1n) is 6.58. The Morgan fingerprint density at radius 1 is 1.25 bits per heavy atom. The topological polar surface area (TPSA) is 29.9 Å². The van der Waals surface area contributed by atoms with Gasteiger partial charge in [0, 0.05) is 12.2 Å². The van der Waals surface area contributed by atoms with E-state index in [9.17, 15) is 0 Å². The summed E-state index contributed by atoms with van der Waals surface area (Å²) in [5, 5.41) is 7.99. The highest BCUT2D eigenvalue weighted by Gasteiger charge is 2.04. The number of aromatic nitrogens is 2. The lowest BCUT2D eigenvalue weighted by molar-refractivity contribution is 0.584. The number of rotatable bonds is 8. The summed E-state index contributed by atoms with van der Waals surface area (Å²) in [5.74, 6) is 0. The van der Waals surface area contributed by atoms with Crippen molar-refractivity contribution in [1.82, 2.24) is 15.1 Å². The second-order valence-electron chi connectivity index (χ2n) is 4.15. The third-order valence-corrected chi connectivity index (χ3v) is 2.79. The van der Waals surface area contributed by atoms with Gasteiger partial charge in [-0.15, -0.1) is 0 Å². The zero-order valence-corrected chi connectivity index (χ0v) is 10.9. The van der Waals surface area contributed by atoms with Crippen LogP contribution < -0.4 is 5.32 Å². The Bertz CT molecular complexity index is 291. The van der Waals surface area contributed by atoms with E-state index in [1.54, 1.807) is 0 Å². The Balaban J connectivity index is 2.37. The molecular weight excluding hydrogens is 198 g/mol. The molecule has 0 radical (unpaired) electrons. The van der Waals surface area contributed by atoms with E-state index in [0.29, 0.717) is 0 Å². The molecule has 0 spiro atoms. The van der Waals surface area contributed by atoms with Gasteiger partial charge in [-0.2, -0.15) is 5.10 Å². The van der Waals surface area contributed by atoms with Crippen molar-refractivity contribution in [2.75, 3.05) is 13.1 Å². The lowest BCUT2D eigenvalue weighted by Crippen LogP contribution is -2.17. The standard InChI is InChI=1S/C13H25N3/c1-4-9-14-10-7-8-13-11-12(5-2)15-16(13)6-3/h11,14H,4-10H2,1-3H3. The monoisotopic (exact) mass is 223 g/mol. The second kappa shape index (κ2) is 7.44. The van der Waals surface area contributed by atoms with Crippen LogP contribution in [0.15, 0.2) is 6.07 Å². The molecule has 3 nitrogen and oxygen atoms in total. The molecule has 92 valence electrons. The number of nitrogens with zero attached hydrogens (tertiary/aromatic N) is 2. The minimum Gasteiger partial charge on any atom is -0.317 e. The molecule has 1 aromatic heterocycles. The van der Waals surface area contributed by atoms with E-state index >= 15 is 0 Å². The van der Waals surface area contributed by atoms with E-state index in [1.165, 1.54) is 24.2 Å². The molecule has 0 aliphatic rings. The molecule has 0 amide bonds. The lowest BCUT2D eigenvalue weighted by Gasteiger charge is -2.05. The van der Waals surface area contributed by atoms with Crippen molar-refractivity contribution >= 4 is 0 Å². The normalized spacial score (nSPS) is 10.9. The summed E-state index contributed by atoms with van der Waals surface area (Å²) in [5.41, 5.74) is 2.61. The fraction of sp³-hybridized carbons (Fsp3) is 0.769. The highest BCUT2D eigenvalue weighted by atomic mass is 15.3. The first kappa shape index (κ1) is 13.2. The third-order valence-electron chi connectivity index (χ3n) is 2.79. The first-order chi connectivity index (χ1) is 7.81. The van der Waals surface area contributed by atoms with Crippen LogP contribution >= 0.6 is 0 Å². The van der Waals surface area contributed by atoms with E-state index in [0.717, 1.165) is 32.5 Å². The van der Waals surface area contributed by atoms with Gasteiger partial charge in [-0.05, 0) is 51.8 Å². The zero-order valence-electron chi connectivity index (χ0n) is 10.9. The van der Waals surface area contributed by atoms with Crippen LogP contribution in [0.4, 0.5) is 0 Å². The Kier molecular flexibility index (Phi) is 6.16. The van der Waals surface area contributed by atoms with Gasteiger partial charge in [0.1, 0.15) is 0 Å². The fourth-order valence-corrected chi connectivity index (χ4v) is 1.86. The molecule has 1 aromatic rings. The van der Waals surface area contributed by atoms with Gasteiger partial charge in [0.2, 0.25) is 0 Å². The summed E-state index contributed by atoms with van der Waals surface area (Å²) in [7, 11) is 0. The van der Waals surface area contributed by atoms with Crippen molar-refractivity contribution in [3.8, 4) is 0 Å². The van der Waals surface area contributed by atoms with Gasteiger partial charge in [0.05, 0.1) is 5.69 Å². The Hall–Kier alpha value is -0.830. The summed E-state index contributed by atoms with van der Waals surface area (Å²) in [6.45, 7) is 9.75. The molecule has 0 bridgehead atoms. The number of nitrogens with one attached hydrogen (secondary N) is 1. The molecular formula is C13H25N3. The van der Waals surface area contributed by atoms with Crippen molar-refractivity contribution in [3.05, 3.63) is 17.5 Å². The van der Waals surface area contributed by atoms with E-state index in [4.69, 9.17) is 0 Å². The average molecular weight is 223 g/mol. The van der Waals surface area contributed by atoms with Gasteiger partial charge in [-0.25, -0.2) is 0 Å². The van der Waals surface area contributed by atoms with E-state index in [1.807, 2.05) is 0 Å². The summed E-state index contributed by atoms with van der Waals surface area (Å²) in [6.07, 6.45) is 4.59. The van der Waals surface area contributed by atoms with Gasteiger partial charge in [-0.3, -0.25) is 4.68 Å². The van der Waals surface area contributed by atoms with E-state index in [-0.39, 0.29) is 0 Å². The number of hydrogen-bond donors (Lipinski definition) is 1. The van der Waals surface area contributed by atoms with Crippen molar-refractivity contribution < 1.29 is 0 Å². The van der Waals surface area contributed by atoms with Gasteiger partial charge in [-0.1, -0.05) is 13.8 Å². The lowest BCUT2D eigenvalue weighted by atomic mass is 10.2. The molecule has 0 saturated heterocycles. The molecule has 0 saturated carbocycles. The minimum atomic E-state index is 0.984. The Morgan fingerprint density at radius 3 is 2.69 bits per heavy atom. The maximum atomic E-state index is 4.56. The van der Waals surface area contributed by atoms with Crippen LogP contribution in [0.2, 0.25) is 0 Å². The first-order valence-corrected chi connectivity index (χ1v) is 6.58. The van der Waals surface area contributed by atoms with Crippen LogP contribution in [-0.4, -0.2) is 22.9 Å². The smallest absolute Gasteiger partial charge is 0.0624 e. The fourth-order valence-electron chi connectivity index (χ4n) is 1.86. The number of aryl methyl sites for hydroxylation is 3. The highest BCUT2D eigenvalue weighted by molar-refractivity contribution is 5.10. The minimum absolute atomic E-state index is 0.984. The predicted octanol–water partition coefficient (Wildman–Crippen LogP) is 2.40. The molecule has 0 aliphatic carbocycles. The number of hydrogen-bond acceptors (Lipinski definition) is 2. The zero-order chi connectivity index (χ0) is 11.8. The van der Waals surface area contributed by atoms with Crippen LogP contribution in [0, 0.1) is 0 Å². The van der Waals surface area contributed by atoms with Crippen LogP contribution in [0.1, 0.15) is 45.0 Å². The van der Waals surface area contributed by atoms with Gasteiger partial charge < -0.3 is 5.32 Å². The molecule has 0 atom stereocenters. The molecule has 0 fully saturated rings. The Morgan fingerprint density at radius 2 is 2.06 bits per heavy atom. The summed E-state index contributed by atoms with van der Waals surface area (Å²) in [4.78, 5) is 0. The van der Waals surface area contributed by atoms with Crippen LogP contribution in [0.5, 0.6) is 0 Å². The SMILES string of the molecule is CCCNCCCc1cc(CC)nn1CC. The van der Waals surface area contributed by atoms with Crippen LogP contribution in [-0.2, 0) is 19.4 Å². The molecule has 3 heteroatoms. The van der Waals surface area contributed by atoms with Crippen molar-refractivity contribution in [3.63, 3.8) is 0 Å². The molecule has 0 aliphatic heterocycles. The van der Waals surface area contributed by atoms with E-state index in [2.05, 4.69) is 41.9 Å². The molecule has 1 N–H and O–H groups in total. The second-order valence-corrected chi connectivity index (χ2v) is 4.15. The molecule has 0 aromatic carbocycles. The van der Waals surface area contributed by atoms with Crippen LogP contribution in [0.25, 0.3) is 0 Å². The summed E-state index contributed by atoms with van der Waals surface area (Å²) < 4.78 is 2.14. The Labute approximate surface area is 99.2 Å². The molecule has 0 unspecified atom stereocenters. The molecule has 16 heavy (non-hydrogen) atoms. The maximum absolute atomic E-state index is 4.56. The third kappa shape index (κ3) is 3.97. The van der Waals surface area contributed by atoms with Crippen molar-refractivity contribution in [2.45, 2.75) is 53.0 Å². The van der Waals surface area contributed by atoms with Crippen molar-refractivity contribution in [2.24, 2.45) is 0 Å². The van der Waals surface area contributed by atoms with E-state index < -0.39 is 0 Å². The summed E-state index contributed by atoms with van der Waals surface area (Å²) in [6, 6.07) is 2.25. The maximum Gasteiger partial charge on any atom is 0.0624 e. The largest absolute Gasteiger partial charge is 0.317 e. The molecule has 1 heterocycles. The van der Waals surface area contributed by atoms with Crippen LogP contribution in [0.3, 0.4) is 0 Å². The van der Waals surface area contributed by atoms with Gasteiger partial charge in [0.15, 0.2) is 0 Å². The van der Waals surface area contributed by atoms with Gasteiger partial charge in [0.25, 0.3) is 0 Å². The quantitative estimate of drug-likeness (QED) is 0.686. The molecule has 1 rings (SSSR count). The van der Waals surface area contributed by atoms with Crippen molar-refractivity contribution in [1.29, 1.82) is 0 Å². The van der Waals surface area contributed by atoms with Gasteiger partial charge >= 0.3 is 0 Å².